The van der Waals surface area contributed by atoms with Crippen molar-refractivity contribution in [2.75, 3.05) is 0 Å². The van der Waals surface area contributed by atoms with Gasteiger partial charge in [0.05, 0.1) is 6.26 Å². The molecule has 0 saturated carbocycles. The molecule has 0 fully saturated rings. The Morgan fingerprint density at radius 3 is 2.37 bits per heavy atom. The molecule has 2 rings (SSSR count). The molecule has 1 N–H and O–H groups in total. The predicted octanol–water partition coefficient (Wildman–Crippen LogP) is 3.52. The number of hydrogen-bond donors (Lipinski definition) is 1. The fourth-order valence-electron chi connectivity index (χ4n) is 1.62. The van der Waals surface area contributed by atoms with Crippen molar-refractivity contribution in [2.45, 2.75) is 6.61 Å². The average molecular weight is 254 g/mol. The highest BCUT2D eigenvalue weighted by molar-refractivity contribution is 6.04. The molecule has 0 bridgehead atoms. The van der Waals surface area contributed by atoms with E-state index in [-0.39, 0.29) is 5.78 Å². The largest absolute Gasteiger partial charge is 0.515 e. The summed E-state index contributed by atoms with van der Waals surface area (Å²) in [5.74, 6) is 0.463. The second kappa shape index (κ2) is 6.40. The van der Waals surface area contributed by atoms with Gasteiger partial charge in [0.2, 0.25) is 0 Å². The van der Waals surface area contributed by atoms with Gasteiger partial charge in [0.1, 0.15) is 12.4 Å². The lowest BCUT2D eigenvalue weighted by molar-refractivity contribution is 0.104. The first kappa shape index (κ1) is 12.9. The number of carbonyl (C=O) groups is 1. The van der Waals surface area contributed by atoms with E-state index in [0.29, 0.717) is 17.9 Å². The first-order valence-electron chi connectivity index (χ1n) is 5.91. The number of aliphatic hydroxyl groups is 1. The molecular formula is C16H14O3. The molecule has 2 aromatic carbocycles. The lowest BCUT2D eigenvalue weighted by Crippen LogP contribution is -1.97. The van der Waals surface area contributed by atoms with Crippen molar-refractivity contribution in [3.05, 3.63) is 78.1 Å². The summed E-state index contributed by atoms with van der Waals surface area (Å²) in [4.78, 5) is 11.4. The normalized spacial score (nSPS) is 10.5. The summed E-state index contributed by atoms with van der Waals surface area (Å²) in [6, 6.07) is 16.7. The Hall–Kier alpha value is -2.55. The Labute approximate surface area is 111 Å². The van der Waals surface area contributed by atoms with Crippen LogP contribution in [-0.4, -0.2) is 10.9 Å². The minimum Gasteiger partial charge on any atom is -0.515 e. The number of ketones is 1. The van der Waals surface area contributed by atoms with Crippen LogP contribution in [0.1, 0.15) is 15.9 Å². The topological polar surface area (TPSA) is 46.5 Å². The number of hydrogen-bond acceptors (Lipinski definition) is 3. The van der Waals surface area contributed by atoms with Crippen LogP contribution < -0.4 is 4.74 Å². The molecule has 96 valence electrons. The average Bonchev–Trinajstić information content (AvgIpc) is 2.47. The summed E-state index contributed by atoms with van der Waals surface area (Å²) in [5.41, 5.74) is 1.60. The number of allylic oxidation sites excluding steroid dienone is 1. The molecule has 0 spiro atoms. The maximum Gasteiger partial charge on any atom is 0.188 e. The van der Waals surface area contributed by atoms with Crippen molar-refractivity contribution < 1.29 is 14.6 Å². The van der Waals surface area contributed by atoms with E-state index in [4.69, 9.17) is 9.84 Å². The lowest BCUT2D eigenvalue weighted by Gasteiger charge is -2.06. The van der Waals surface area contributed by atoms with Crippen LogP contribution in [-0.2, 0) is 6.61 Å². The fourth-order valence-corrected chi connectivity index (χ4v) is 1.62. The second-order valence-electron chi connectivity index (χ2n) is 3.98. The van der Waals surface area contributed by atoms with E-state index in [2.05, 4.69) is 0 Å². The third kappa shape index (κ3) is 3.71. The zero-order valence-electron chi connectivity index (χ0n) is 10.3. The molecule has 19 heavy (non-hydrogen) atoms. The molecular weight excluding hydrogens is 240 g/mol. The number of ether oxygens (including phenoxy) is 1. The van der Waals surface area contributed by atoms with Crippen molar-refractivity contribution in [1.82, 2.24) is 0 Å². The van der Waals surface area contributed by atoms with Crippen molar-refractivity contribution in [3.8, 4) is 5.75 Å². The van der Waals surface area contributed by atoms with Crippen LogP contribution in [0.15, 0.2) is 66.9 Å². The van der Waals surface area contributed by atoms with Crippen LogP contribution in [0.5, 0.6) is 5.75 Å². The first-order chi connectivity index (χ1) is 9.29. The minimum absolute atomic E-state index is 0.239. The Balaban J connectivity index is 1.97. The van der Waals surface area contributed by atoms with E-state index in [0.717, 1.165) is 17.9 Å². The van der Waals surface area contributed by atoms with Gasteiger partial charge >= 0.3 is 0 Å². The van der Waals surface area contributed by atoms with Gasteiger partial charge in [0, 0.05) is 11.6 Å². The maximum atomic E-state index is 11.4. The second-order valence-corrected chi connectivity index (χ2v) is 3.98. The quantitative estimate of drug-likeness (QED) is 0.504. The van der Waals surface area contributed by atoms with Gasteiger partial charge in [-0.25, -0.2) is 0 Å². The van der Waals surface area contributed by atoms with Crippen LogP contribution in [0.25, 0.3) is 0 Å². The number of rotatable bonds is 5. The molecule has 0 saturated heterocycles. The molecule has 0 heterocycles. The SMILES string of the molecule is O=C(C=CO)c1ccc(OCc2ccccc2)cc1. The predicted molar refractivity (Wildman–Crippen MR) is 73.3 cm³/mol. The van der Waals surface area contributed by atoms with Crippen LogP contribution in [0.4, 0.5) is 0 Å². The highest BCUT2D eigenvalue weighted by atomic mass is 16.5. The summed E-state index contributed by atoms with van der Waals surface area (Å²) in [6.07, 6.45) is 1.85. The van der Waals surface area contributed by atoms with Crippen LogP contribution in [0.3, 0.4) is 0 Å². The number of aliphatic hydroxyl groups excluding tert-OH is 1. The van der Waals surface area contributed by atoms with Gasteiger partial charge < -0.3 is 9.84 Å². The van der Waals surface area contributed by atoms with E-state index >= 15 is 0 Å². The van der Waals surface area contributed by atoms with Crippen molar-refractivity contribution in [2.24, 2.45) is 0 Å². The molecule has 0 aromatic heterocycles. The highest BCUT2D eigenvalue weighted by Gasteiger charge is 2.02. The van der Waals surface area contributed by atoms with Gasteiger partial charge in [0.25, 0.3) is 0 Å². The molecule has 2 aromatic rings. The van der Waals surface area contributed by atoms with E-state index in [1.165, 1.54) is 0 Å². The molecule has 0 radical (unpaired) electrons. The summed E-state index contributed by atoms with van der Waals surface area (Å²) < 4.78 is 5.61. The summed E-state index contributed by atoms with van der Waals surface area (Å²) in [5, 5.41) is 8.54. The van der Waals surface area contributed by atoms with E-state index in [9.17, 15) is 4.79 Å². The van der Waals surface area contributed by atoms with Crippen molar-refractivity contribution >= 4 is 5.78 Å². The monoisotopic (exact) mass is 254 g/mol. The summed E-state index contributed by atoms with van der Waals surface area (Å²) in [7, 11) is 0. The Kier molecular flexibility index (Phi) is 4.34. The molecule has 0 unspecified atom stereocenters. The molecule has 0 amide bonds. The molecule has 0 atom stereocenters. The maximum absolute atomic E-state index is 11.4. The third-order valence-corrected chi connectivity index (χ3v) is 2.61. The fraction of sp³-hybridized carbons (Fsp3) is 0.0625. The van der Waals surface area contributed by atoms with Gasteiger partial charge in [-0.3, -0.25) is 4.79 Å². The van der Waals surface area contributed by atoms with Crippen LogP contribution >= 0.6 is 0 Å². The zero-order valence-corrected chi connectivity index (χ0v) is 10.3. The summed E-state index contributed by atoms with van der Waals surface area (Å²) >= 11 is 0. The van der Waals surface area contributed by atoms with Crippen molar-refractivity contribution in [3.63, 3.8) is 0 Å². The van der Waals surface area contributed by atoms with Crippen LogP contribution in [0.2, 0.25) is 0 Å². The smallest absolute Gasteiger partial charge is 0.188 e. The number of carbonyl (C=O) groups excluding carboxylic acids is 1. The third-order valence-electron chi connectivity index (χ3n) is 2.61. The van der Waals surface area contributed by atoms with Gasteiger partial charge in [-0.15, -0.1) is 0 Å². The standard InChI is InChI=1S/C16H14O3/c17-11-10-16(18)14-6-8-15(9-7-14)19-12-13-4-2-1-3-5-13/h1-11,17H,12H2. The van der Waals surface area contributed by atoms with Gasteiger partial charge in [-0.2, -0.15) is 0 Å². The minimum atomic E-state index is -0.239. The first-order valence-corrected chi connectivity index (χ1v) is 5.91. The zero-order chi connectivity index (χ0) is 13.5. The van der Waals surface area contributed by atoms with E-state index in [1.54, 1.807) is 24.3 Å². The van der Waals surface area contributed by atoms with Gasteiger partial charge in [0.15, 0.2) is 5.78 Å². The van der Waals surface area contributed by atoms with Gasteiger partial charge in [-0.05, 0) is 29.8 Å². The van der Waals surface area contributed by atoms with E-state index in [1.807, 2.05) is 30.3 Å². The van der Waals surface area contributed by atoms with Gasteiger partial charge in [-0.1, -0.05) is 30.3 Å². The Morgan fingerprint density at radius 2 is 1.74 bits per heavy atom. The molecule has 3 nitrogen and oxygen atoms in total. The highest BCUT2D eigenvalue weighted by Crippen LogP contribution is 2.14. The molecule has 3 heteroatoms. The van der Waals surface area contributed by atoms with Crippen molar-refractivity contribution in [1.29, 1.82) is 0 Å². The Bertz CT molecular complexity index is 556. The molecule has 0 aliphatic rings. The molecule has 0 aliphatic carbocycles. The number of benzene rings is 2. The lowest BCUT2D eigenvalue weighted by atomic mass is 10.1. The summed E-state index contributed by atoms with van der Waals surface area (Å²) in [6.45, 7) is 0.491. The molecule has 0 aliphatic heterocycles. The van der Waals surface area contributed by atoms with E-state index < -0.39 is 0 Å². The van der Waals surface area contributed by atoms with Crippen LogP contribution in [0, 0.1) is 0 Å². The Morgan fingerprint density at radius 1 is 1.05 bits per heavy atom.